The summed E-state index contributed by atoms with van der Waals surface area (Å²) >= 11 is 0. The van der Waals surface area contributed by atoms with E-state index in [1.54, 1.807) is 18.3 Å². The van der Waals surface area contributed by atoms with E-state index in [-0.39, 0.29) is 17.6 Å². The van der Waals surface area contributed by atoms with E-state index in [1.807, 2.05) is 12.1 Å². The summed E-state index contributed by atoms with van der Waals surface area (Å²) in [5.41, 5.74) is 0.913. The lowest BCUT2D eigenvalue weighted by molar-refractivity contribution is -0.188. The molecule has 4 rings (SSSR count). The van der Waals surface area contributed by atoms with Crippen LogP contribution in [0.15, 0.2) is 30.5 Å². The molecule has 1 atom stereocenters. The monoisotopic (exact) mass is 285 g/mol. The third-order valence-corrected chi connectivity index (χ3v) is 4.53. The Morgan fingerprint density at radius 3 is 2.81 bits per heavy atom. The molecule has 1 aromatic heterocycles. The SMILES string of the molecule is Oc1ccc2cc(C3COC4(CCCCC4)O3)ncc2c1. The van der Waals surface area contributed by atoms with Gasteiger partial charge in [-0.2, -0.15) is 0 Å². The predicted octanol–water partition coefficient (Wildman–Crippen LogP) is 3.69. The van der Waals surface area contributed by atoms with Gasteiger partial charge in [0.25, 0.3) is 0 Å². The predicted molar refractivity (Wildman–Crippen MR) is 79.0 cm³/mol. The number of ether oxygens (including phenoxy) is 2. The van der Waals surface area contributed by atoms with Gasteiger partial charge in [-0.3, -0.25) is 4.98 Å². The molecule has 1 aromatic carbocycles. The first kappa shape index (κ1) is 13.0. The topological polar surface area (TPSA) is 51.6 Å². The fourth-order valence-corrected chi connectivity index (χ4v) is 3.38. The number of hydrogen-bond acceptors (Lipinski definition) is 4. The summed E-state index contributed by atoms with van der Waals surface area (Å²) in [6.07, 6.45) is 7.32. The van der Waals surface area contributed by atoms with E-state index in [0.717, 1.165) is 29.3 Å². The Labute approximate surface area is 123 Å². The van der Waals surface area contributed by atoms with Crippen molar-refractivity contribution < 1.29 is 14.6 Å². The minimum Gasteiger partial charge on any atom is -0.508 e. The molecule has 110 valence electrons. The van der Waals surface area contributed by atoms with Crippen molar-refractivity contribution >= 4 is 10.8 Å². The number of hydrogen-bond donors (Lipinski definition) is 1. The van der Waals surface area contributed by atoms with Crippen LogP contribution in [0, 0.1) is 0 Å². The molecule has 4 heteroatoms. The zero-order valence-electron chi connectivity index (χ0n) is 11.9. The van der Waals surface area contributed by atoms with Crippen molar-refractivity contribution in [2.24, 2.45) is 0 Å². The summed E-state index contributed by atoms with van der Waals surface area (Å²) in [6, 6.07) is 7.36. The number of nitrogens with zero attached hydrogens (tertiary/aromatic N) is 1. The molecule has 1 N–H and O–H groups in total. The van der Waals surface area contributed by atoms with Crippen molar-refractivity contribution in [2.45, 2.75) is 44.0 Å². The van der Waals surface area contributed by atoms with Gasteiger partial charge in [-0.1, -0.05) is 12.5 Å². The summed E-state index contributed by atoms with van der Waals surface area (Å²) in [7, 11) is 0. The van der Waals surface area contributed by atoms with E-state index in [4.69, 9.17) is 9.47 Å². The smallest absolute Gasteiger partial charge is 0.169 e. The van der Waals surface area contributed by atoms with Crippen LogP contribution in [-0.2, 0) is 9.47 Å². The van der Waals surface area contributed by atoms with Crippen molar-refractivity contribution in [1.82, 2.24) is 4.98 Å². The first-order valence-electron chi connectivity index (χ1n) is 7.65. The van der Waals surface area contributed by atoms with Gasteiger partial charge in [-0.25, -0.2) is 0 Å². The van der Waals surface area contributed by atoms with E-state index in [2.05, 4.69) is 4.98 Å². The van der Waals surface area contributed by atoms with Crippen molar-refractivity contribution in [1.29, 1.82) is 0 Å². The van der Waals surface area contributed by atoms with Crippen LogP contribution in [-0.4, -0.2) is 22.5 Å². The molecule has 2 heterocycles. The molecule has 0 amide bonds. The van der Waals surface area contributed by atoms with Crippen LogP contribution in [0.5, 0.6) is 5.75 Å². The van der Waals surface area contributed by atoms with Gasteiger partial charge in [-0.05, 0) is 36.4 Å². The molecule has 1 spiro atoms. The van der Waals surface area contributed by atoms with E-state index in [1.165, 1.54) is 19.3 Å². The van der Waals surface area contributed by atoms with Gasteiger partial charge in [-0.15, -0.1) is 0 Å². The Morgan fingerprint density at radius 2 is 1.95 bits per heavy atom. The van der Waals surface area contributed by atoms with Crippen LogP contribution in [0.3, 0.4) is 0 Å². The second-order valence-corrected chi connectivity index (χ2v) is 6.03. The minimum atomic E-state index is -0.367. The Hall–Kier alpha value is -1.65. The van der Waals surface area contributed by atoms with Crippen LogP contribution < -0.4 is 0 Å². The van der Waals surface area contributed by atoms with E-state index >= 15 is 0 Å². The molecule has 2 fully saturated rings. The van der Waals surface area contributed by atoms with E-state index < -0.39 is 0 Å². The fourth-order valence-electron chi connectivity index (χ4n) is 3.38. The number of pyridine rings is 1. The average molecular weight is 285 g/mol. The lowest BCUT2D eigenvalue weighted by Gasteiger charge is -2.31. The number of fused-ring (bicyclic) bond motifs is 1. The molecule has 0 radical (unpaired) electrons. The molecule has 1 aliphatic carbocycles. The molecule has 21 heavy (non-hydrogen) atoms. The van der Waals surface area contributed by atoms with Crippen LogP contribution >= 0.6 is 0 Å². The second-order valence-electron chi connectivity index (χ2n) is 6.03. The van der Waals surface area contributed by atoms with Gasteiger partial charge in [0.1, 0.15) is 11.9 Å². The zero-order valence-corrected chi connectivity index (χ0v) is 11.9. The number of phenolic OH excluding ortho intramolecular Hbond substituents is 1. The largest absolute Gasteiger partial charge is 0.508 e. The first-order chi connectivity index (χ1) is 10.2. The van der Waals surface area contributed by atoms with Gasteiger partial charge in [0.2, 0.25) is 0 Å². The number of benzene rings is 1. The maximum atomic E-state index is 9.50. The number of rotatable bonds is 1. The third kappa shape index (κ3) is 2.39. The highest BCUT2D eigenvalue weighted by Gasteiger charge is 2.43. The number of aromatic hydroxyl groups is 1. The first-order valence-corrected chi connectivity index (χ1v) is 7.65. The Balaban J connectivity index is 1.60. The summed E-state index contributed by atoms with van der Waals surface area (Å²) in [6.45, 7) is 0.580. The minimum absolute atomic E-state index is 0.0821. The highest BCUT2D eigenvalue weighted by molar-refractivity contribution is 5.83. The van der Waals surface area contributed by atoms with Gasteiger partial charge in [0, 0.05) is 24.4 Å². The fraction of sp³-hybridized carbons (Fsp3) is 0.471. The van der Waals surface area contributed by atoms with E-state index in [9.17, 15) is 5.11 Å². The van der Waals surface area contributed by atoms with Crippen LogP contribution in [0.4, 0.5) is 0 Å². The normalized spacial score (nSPS) is 24.7. The molecule has 1 saturated heterocycles. The molecule has 1 saturated carbocycles. The van der Waals surface area contributed by atoms with Gasteiger partial charge < -0.3 is 14.6 Å². The summed E-state index contributed by atoms with van der Waals surface area (Å²) in [5.74, 6) is -0.104. The molecular weight excluding hydrogens is 266 g/mol. The van der Waals surface area contributed by atoms with Crippen molar-refractivity contribution in [3.63, 3.8) is 0 Å². The maximum Gasteiger partial charge on any atom is 0.169 e. The number of aromatic nitrogens is 1. The third-order valence-electron chi connectivity index (χ3n) is 4.53. The maximum absolute atomic E-state index is 9.50. The highest BCUT2D eigenvalue weighted by Crippen LogP contribution is 2.42. The molecule has 0 bridgehead atoms. The van der Waals surface area contributed by atoms with Crippen molar-refractivity contribution in [2.75, 3.05) is 6.61 Å². The quantitative estimate of drug-likeness (QED) is 0.868. The van der Waals surface area contributed by atoms with Gasteiger partial charge in [0.05, 0.1) is 12.3 Å². The Kier molecular flexibility index (Phi) is 3.08. The van der Waals surface area contributed by atoms with Crippen LogP contribution in [0.1, 0.15) is 43.9 Å². The van der Waals surface area contributed by atoms with Crippen LogP contribution in [0.25, 0.3) is 10.8 Å². The molecular formula is C17H19NO3. The second kappa shape index (κ2) is 4.97. The zero-order chi connectivity index (χ0) is 14.3. The highest BCUT2D eigenvalue weighted by atomic mass is 16.7. The number of phenols is 1. The molecule has 1 aliphatic heterocycles. The molecule has 1 unspecified atom stereocenters. The lowest BCUT2D eigenvalue weighted by Crippen LogP contribution is -2.32. The van der Waals surface area contributed by atoms with Crippen molar-refractivity contribution in [3.05, 3.63) is 36.2 Å². The Morgan fingerprint density at radius 1 is 1.10 bits per heavy atom. The molecule has 4 nitrogen and oxygen atoms in total. The summed E-state index contributed by atoms with van der Waals surface area (Å²) in [5, 5.41) is 11.5. The van der Waals surface area contributed by atoms with E-state index in [0.29, 0.717) is 6.61 Å². The summed E-state index contributed by atoms with van der Waals surface area (Å²) < 4.78 is 12.2. The molecule has 2 aliphatic rings. The lowest BCUT2D eigenvalue weighted by atomic mass is 9.94. The standard InChI is InChI=1S/C17H19NO3/c19-14-5-4-12-9-15(18-10-13(12)8-14)16-11-20-17(21-16)6-2-1-3-7-17/h4-5,8-10,16,19H,1-3,6-7,11H2. The van der Waals surface area contributed by atoms with Crippen LogP contribution in [0.2, 0.25) is 0 Å². The summed E-state index contributed by atoms with van der Waals surface area (Å²) in [4.78, 5) is 4.49. The molecule has 2 aromatic rings. The Bertz CT molecular complexity index is 664. The average Bonchev–Trinajstić information content (AvgIpc) is 2.91. The van der Waals surface area contributed by atoms with Gasteiger partial charge >= 0.3 is 0 Å². The van der Waals surface area contributed by atoms with Gasteiger partial charge in [0.15, 0.2) is 5.79 Å². The van der Waals surface area contributed by atoms with Crippen molar-refractivity contribution in [3.8, 4) is 5.75 Å².